The molecule has 29 heavy (non-hydrogen) atoms. The van der Waals surface area contributed by atoms with Crippen LogP contribution >= 0.6 is 27.5 Å². The number of imide groups is 1. The van der Waals surface area contributed by atoms with Gasteiger partial charge in [-0.05, 0) is 46.3 Å². The molecular weight excluding hydrogens is 463 g/mol. The fourth-order valence-electron chi connectivity index (χ4n) is 2.89. The highest BCUT2D eigenvalue weighted by atomic mass is 79.9. The molecular formula is C21H13BrClFN2O3. The zero-order valence-corrected chi connectivity index (χ0v) is 17.1. The summed E-state index contributed by atoms with van der Waals surface area (Å²) in [7, 11) is 0. The van der Waals surface area contributed by atoms with Crippen molar-refractivity contribution in [3.63, 3.8) is 0 Å². The smallest absolute Gasteiger partial charge is 0.329 e. The Balaban J connectivity index is 1.55. The molecule has 1 aliphatic heterocycles. The highest BCUT2D eigenvalue weighted by molar-refractivity contribution is 9.10. The fraction of sp³-hybridized carbons (Fsp3) is 0.0476. The quantitative estimate of drug-likeness (QED) is 0.395. The number of carbonyl (C=O) groups is 2. The van der Waals surface area contributed by atoms with Crippen LogP contribution in [0.15, 0.2) is 69.2 Å². The number of urea groups is 1. The lowest BCUT2D eigenvalue weighted by Crippen LogP contribution is -2.30. The number of hydrogen-bond acceptors (Lipinski definition) is 3. The number of benzene rings is 2. The molecule has 0 radical (unpaired) electrons. The third-order valence-electron chi connectivity index (χ3n) is 4.37. The molecule has 3 amide bonds. The van der Waals surface area contributed by atoms with Crippen molar-refractivity contribution < 1.29 is 18.4 Å². The minimum absolute atomic E-state index is 0.0566. The van der Waals surface area contributed by atoms with Gasteiger partial charge >= 0.3 is 6.03 Å². The van der Waals surface area contributed by atoms with Crippen LogP contribution in [0.2, 0.25) is 5.02 Å². The number of amides is 3. The maximum absolute atomic E-state index is 13.8. The van der Waals surface area contributed by atoms with E-state index in [-0.39, 0.29) is 17.8 Å². The van der Waals surface area contributed by atoms with E-state index in [9.17, 15) is 14.0 Å². The summed E-state index contributed by atoms with van der Waals surface area (Å²) in [5, 5.41) is 3.04. The molecule has 1 N–H and O–H groups in total. The Bertz CT molecular complexity index is 1160. The lowest BCUT2D eigenvalue weighted by atomic mass is 10.2. The van der Waals surface area contributed by atoms with E-state index in [1.54, 1.807) is 36.4 Å². The molecule has 2 heterocycles. The number of halogens is 3. The van der Waals surface area contributed by atoms with Gasteiger partial charge in [0.2, 0.25) is 0 Å². The maximum Gasteiger partial charge on any atom is 0.329 e. The monoisotopic (exact) mass is 474 g/mol. The summed E-state index contributed by atoms with van der Waals surface area (Å²) in [6, 6.07) is 14.2. The summed E-state index contributed by atoms with van der Waals surface area (Å²) in [5.41, 5.74) is 1.08. The van der Waals surface area contributed by atoms with Gasteiger partial charge in [-0.15, -0.1) is 0 Å². The number of carbonyl (C=O) groups excluding carboxylic acids is 2. The van der Waals surface area contributed by atoms with Crippen LogP contribution in [0.5, 0.6) is 0 Å². The zero-order chi connectivity index (χ0) is 20.5. The molecule has 5 nitrogen and oxygen atoms in total. The minimum atomic E-state index is -0.615. The van der Waals surface area contributed by atoms with Crippen LogP contribution < -0.4 is 5.32 Å². The van der Waals surface area contributed by atoms with Crippen LogP contribution in [0.25, 0.3) is 17.4 Å². The van der Waals surface area contributed by atoms with E-state index in [1.165, 1.54) is 18.2 Å². The molecule has 146 valence electrons. The Kier molecular flexibility index (Phi) is 5.25. The van der Waals surface area contributed by atoms with Crippen LogP contribution in [-0.4, -0.2) is 16.8 Å². The number of furan rings is 1. The predicted molar refractivity (Wildman–Crippen MR) is 110 cm³/mol. The largest absolute Gasteiger partial charge is 0.457 e. The second-order valence-electron chi connectivity index (χ2n) is 6.30. The molecule has 0 saturated carbocycles. The second kappa shape index (κ2) is 7.85. The molecule has 2 aromatic carbocycles. The predicted octanol–water partition coefficient (Wildman–Crippen LogP) is 5.59. The SMILES string of the molecule is O=C1NC(=Cc2ccc(-c3ccc(Br)c(Cl)c3)o2)C(=O)N1Cc1ccccc1F. The normalized spacial score (nSPS) is 15.3. The van der Waals surface area contributed by atoms with Gasteiger partial charge in [0.05, 0.1) is 11.6 Å². The molecule has 4 rings (SSSR count). The highest BCUT2D eigenvalue weighted by Crippen LogP contribution is 2.30. The first-order valence-corrected chi connectivity index (χ1v) is 9.72. The highest BCUT2D eigenvalue weighted by Gasteiger charge is 2.34. The summed E-state index contributed by atoms with van der Waals surface area (Å²) < 4.78 is 20.4. The van der Waals surface area contributed by atoms with E-state index >= 15 is 0 Å². The molecule has 1 aromatic heterocycles. The Morgan fingerprint density at radius 3 is 2.69 bits per heavy atom. The molecule has 0 aliphatic carbocycles. The summed E-state index contributed by atoms with van der Waals surface area (Å²) in [5.74, 6) is -0.0843. The maximum atomic E-state index is 13.8. The van der Waals surface area contributed by atoms with Crippen molar-refractivity contribution in [2.45, 2.75) is 6.54 Å². The van der Waals surface area contributed by atoms with Crippen LogP contribution in [-0.2, 0) is 11.3 Å². The van der Waals surface area contributed by atoms with Gasteiger partial charge in [-0.2, -0.15) is 0 Å². The first kappa shape index (κ1) is 19.4. The van der Waals surface area contributed by atoms with E-state index in [0.717, 1.165) is 14.9 Å². The van der Waals surface area contributed by atoms with Crippen molar-refractivity contribution in [3.8, 4) is 11.3 Å². The van der Waals surface area contributed by atoms with Crippen molar-refractivity contribution >= 4 is 45.5 Å². The number of nitrogens with one attached hydrogen (secondary N) is 1. The molecule has 1 saturated heterocycles. The third kappa shape index (κ3) is 3.97. The molecule has 0 unspecified atom stereocenters. The lowest BCUT2D eigenvalue weighted by molar-refractivity contribution is -0.123. The molecule has 8 heteroatoms. The van der Waals surface area contributed by atoms with Crippen molar-refractivity contribution in [3.05, 3.63) is 86.9 Å². The number of rotatable bonds is 4. The summed E-state index contributed by atoms with van der Waals surface area (Å²) in [6.45, 7) is -0.157. The molecule has 0 atom stereocenters. The van der Waals surface area contributed by atoms with Gasteiger partial charge < -0.3 is 9.73 Å². The first-order valence-electron chi connectivity index (χ1n) is 8.55. The van der Waals surface area contributed by atoms with Gasteiger partial charge in [-0.3, -0.25) is 9.69 Å². The average molecular weight is 476 g/mol. The van der Waals surface area contributed by atoms with Crippen LogP contribution in [0.4, 0.5) is 9.18 Å². The topological polar surface area (TPSA) is 62.6 Å². The summed E-state index contributed by atoms with van der Waals surface area (Å²) in [4.78, 5) is 25.7. The van der Waals surface area contributed by atoms with Crippen molar-refractivity contribution in [1.82, 2.24) is 10.2 Å². The van der Waals surface area contributed by atoms with Crippen molar-refractivity contribution in [2.75, 3.05) is 0 Å². The summed E-state index contributed by atoms with van der Waals surface area (Å²) in [6.07, 6.45) is 1.44. The molecule has 1 fully saturated rings. The molecule has 0 spiro atoms. The lowest BCUT2D eigenvalue weighted by Gasteiger charge is -2.12. The van der Waals surface area contributed by atoms with Gasteiger partial charge in [0.1, 0.15) is 23.0 Å². The Hall–Kier alpha value is -2.90. The van der Waals surface area contributed by atoms with Gasteiger partial charge in [-0.1, -0.05) is 35.9 Å². The van der Waals surface area contributed by atoms with E-state index in [4.69, 9.17) is 16.0 Å². The molecule has 1 aliphatic rings. The minimum Gasteiger partial charge on any atom is -0.457 e. The number of hydrogen-bond donors (Lipinski definition) is 1. The Morgan fingerprint density at radius 2 is 1.93 bits per heavy atom. The van der Waals surface area contributed by atoms with E-state index in [1.807, 2.05) is 6.07 Å². The Morgan fingerprint density at radius 1 is 1.14 bits per heavy atom. The van der Waals surface area contributed by atoms with Gasteiger partial charge in [0.15, 0.2) is 0 Å². The standard InChI is InChI=1S/C21H13BrClFN2O3/c22-15-7-5-12(9-16(15)23)19-8-6-14(29-19)10-18-20(27)26(21(28)25-18)11-13-3-1-2-4-17(13)24/h1-10H,11H2,(H,25,28). The van der Waals surface area contributed by atoms with Gasteiger partial charge in [0, 0.05) is 21.7 Å². The van der Waals surface area contributed by atoms with Crippen molar-refractivity contribution in [2.24, 2.45) is 0 Å². The van der Waals surface area contributed by atoms with E-state index in [0.29, 0.717) is 16.5 Å². The van der Waals surface area contributed by atoms with E-state index < -0.39 is 17.8 Å². The number of nitrogens with zero attached hydrogens (tertiary/aromatic N) is 1. The van der Waals surface area contributed by atoms with Crippen LogP contribution in [0.3, 0.4) is 0 Å². The van der Waals surface area contributed by atoms with E-state index in [2.05, 4.69) is 21.2 Å². The first-order chi connectivity index (χ1) is 13.9. The van der Waals surface area contributed by atoms with Gasteiger partial charge in [-0.25, -0.2) is 9.18 Å². The fourth-order valence-corrected chi connectivity index (χ4v) is 3.32. The van der Waals surface area contributed by atoms with Crippen LogP contribution in [0.1, 0.15) is 11.3 Å². The van der Waals surface area contributed by atoms with Gasteiger partial charge in [0.25, 0.3) is 5.91 Å². The second-order valence-corrected chi connectivity index (χ2v) is 7.56. The molecule has 3 aromatic rings. The molecule has 0 bridgehead atoms. The zero-order valence-electron chi connectivity index (χ0n) is 14.8. The average Bonchev–Trinajstić information content (AvgIpc) is 3.26. The van der Waals surface area contributed by atoms with Crippen molar-refractivity contribution in [1.29, 1.82) is 0 Å². The Labute approximate surface area is 178 Å². The third-order valence-corrected chi connectivity index (χ3v) is 5.60. The summed E-state index contributed by atoms with van der Waals surface area (Å²) >= 11 is 9.45. The van der Waals surface area contributed by atoms with Crippen LogP contribution in [0, 0.1) is 5.82 Å².